The van der Waals surface area contributed by atoms with Crippen LogP contribution < -0.4 is 5.32 Å². The molecule has 0 spiro atoms. The number of halogens is 1. The Morgan fingerprint density at radius 1 is 1.12 bits per heavy atom. The van der Waals surface area contributed by atoms with Gasteiger partial charge in [0.2, 0.25) is 0 Å². The molecule has 0 amide bonds. The Labute approximate surface area is 152 Å². The molecule has 3 nitrogen and oxygen atoms in total. The quantitative estimate of drug-likeness (QED) is 0.766. The van der Waals surface area contributed by atoms with Crippen LogP contribution in [0.3, 0.4) is 0 Å². The van der Waals surface area contributed by atoms with Crippen LogP contribution >= 0.6 is 11.6 Å². The Morgan fingerprint density at radius 3 is 2.72 bits per heavy atom. The summed E-state index contributed by atoms with van der Waals surface area (Å²) in [7, 11) is 0. The third-order valence-electron chi connectivity index (χ3n) is 6.56. The summed E-state index contributed by atoms with van der Waals surface area (Å²) in [6.45, 7) is 0. The van der Waals surface area contributed by atoms with Gasteiger partial charge in [-0.25, -0.2) is 4.79 Å². The molecule has 1 heterocycles. The molecule has 0 unspecified atom stereocenters. The molecule has 2 N–H and O–H groups in total. The molecule has 1 aliphatic heterocycles. The van der Waals surface area contributed by atoms with Crippen molar-refractivity contribution >= 4 is 23.3 Å². The highest BCUT2D eigenvalue weighted by Gasteiger charge is 2.54. The van der Waals surface area contributed by atoms with Crippen LogP contribution in [-0.4, -0.2) is 11.1 Å². The lowest BCUT2D eigenvalue weighted by molar-refractivity contribution is 0.0697. The lowest BCUT2D eigenvalue weighted by Crippen LogP contribution is -2.36. The number of hydrogen-bond donors (Lipinski definition) is 2. The Kier molecular flexibility index (Phi) is 3.36. The minimum absolute atomic E-state index is 0.131. The highest BCUT2D eigenvalue weighted by molar-refractivity contribution is 6.30. The molecule has 2 saturated carbocycles. The van der Waals surface area contributed by atoms with Gasteiger partial charge < -0.3 is 10.4 Å². The van der Waals surface area contributed by atoms with Gasteiger partial charge in [-0.3, -0.25) is 0 Å². The number of carbonyl (C=O) groups is 1. The second kappa shape index (κ2) is 5.50. The topological polar surface area (TPSA) is 49.3 Å². The zero-order chi connectivity index (χ0) is 17.1. The van der Waals surface area contributed by atoms with Crippen molar-refractivity contribution in [3.8, 4) is 0 Å². The molecule has 5 atom stereocenters. The molecular weight excluding hydrogens is 334 g/mol. The van der Waals surface area contributed by atoms with Crippen molar-refractivity contribution in [2.45, 2.75) is 31.2 Å². The molecule has 2 bridgehead atoms. The fourth-order valence-electron chi connectivity index (χ4n) is 5.72. The second-order valence-electron chi connectivity index (χ2n) is 7.69. The summed E-state index contributed by atoms with van der Waals surface area (Å²) in [5, 5.41) is 14.0. The van der Waals surface area contributed by atoms with E-state index < -0.39 is 5.97 Å². The van der Waals surface area contributed by atoms with Crippen molar-refractivity contribution in [1.29, 1.82) is 0 Å². The lowest BCUT2D eigenvalue weighted by atomic mass is 9.67. The van der Waals surface area contributed by atoms with E-state index in [2.05, 4.69) is 17.4 Å². The van der Waals surface area contributed by atoms with Crippen LogP contribution in [0.15, 0.2) is 42.5 Å². The van der Waals surface area contributed by atoms with Gasteiger partial charge in [-0.2, -0.15) is 0 Å². The maximum absolute atomic E-state index is 11.8. The molecule has 0 radical (unpaired) electrons. The molecule has 25 heavy (non-hydrogen) atoms. The Balaban J connectivity index is 1.68. The molecule has 3 aliphatic rings. The van der Waals surface area contributed by atoms with Gasteiger partial charge in [0.05, 0.1) is 17.3 Å². The number of carboxylic acids is 1. The summed E-state index contributed by atoms with van der Waals surface area (Å²) in [5.41, 5.74) is 3.57. The highest BCUT2D eigenvalue weighted by Crippen LogP contribution is 2.64. The van der Waals surface area contributed by atoms with Crippen molar-refractivity contribution in [1.82, 2.24) is 0 Å². The van der Waals surface area contributed by atoms with Gasteiger partial charge in [-0.15, -0.1) is 0 Å². The Hall–Kier alpha value is -2.00. The summed E-state index contributed by atoms with van der Waals surface area (Å²) >= 11 is 6.25. The smallest absolute Gasteiger partial charge is 0.337 e. The van der Waals surface area contributed by atoms with Gasteiger partial charge in [0.1, 0.15) is 0 Å². The number of carboxylic acid groups (broad SMARTS) is 1. The zero-order valence-electron chi connectivity index (χ0n) is 13.8. The summed E-state index contributed by atoms with van der Waals surface area (Å²) in [5.74, 6) is 1.51. The average molecular weight is 354 g/mol. The molecular formula is C21H20ClNO2. The van der Waals surface area contributed by atoms with Crippen molar-refractivity contribution in [2.24, 2.45) is 17.8 Å². The third kappa shape index (κ3) is 2.22. The van der Waals surface area contributed by atoms with Crippen LogP contribution in [0.4, 0.5) is 5.69 Å². The summed E-state index contributed by atoms with van der Waals surface area (Å²) in [6, 6.07) is 13.9. The van der Waals surface area contributed by atoms with E-state index in [0.29, 0.717) is 29.2 Å². The molecule has 128 valence electrons. The number of benzene rings is 2. The van der Waals surface area contributed by atoms with E-state index in [4.69, 9.17) is 11.6 Å². The van der Waals surface area contributed by atoms with E-state index in [1.165, 1.54) is 30.4 Å². The van der Waals surface area contributed by atoms with Gasteiger partial charge in [-0.1, -0.05) is 35.9 Å². The van der Waals surface area contributed by atoms with Crippen molar-refractivity contribution in [2.75, 3.05) is 5.32 Å². The molecule has 2 aliphatic carbocycles. The molecule has 2 aromatic rings. The van der Waals surface area contributed by atoms with E-state index in [0.717, 1.165) is 10.7 Å². The van der Waals surface area contributed by atoms with E-state index in [1.807, 2.05) is 24.3 Å². The number of nitrogens with one attached hydrogen (secondary N) is 1. The minimum Gasteiger partial charge on any atom is -0.478 e. The maximum atomic E-state index is 11.8. The molecule has 5 rings (SSSR count). The predicted octanol–water partition coefficient (Wildman–Crippen LogP) is 5.33. The van der Waals surface area contributed by atoms with Crippen LogP contribution in [0.1, 0.15) is 52.7 Å². The summed E-state index contributed by atoms with van der Waals surface area (Å²) in [4.78, 5) is 11.8. The first kappa shape index (κ1) is 15.3. The maximum Gasteiger partial charge on any atom is 0.337 e. The predicted molar refractivity (Wildman–Crippen MR) is 98.3 cm³/mol. The number of aromatic carboxylic acids is 1. The highest BCUT2D eigenvalue weighted by atomic mass is 35.5. The molecule has 0 aromatic heterocycles. The van der Waals surface area contributed by atoms with E-state index in [-0.39, 0.29) is 6.04 Å². The first-order valence-electron chi connectivity index (χ1n) is 9.01. The normalized spacial score (nSPS) is 32.0. The van der Waals surface area contributed by atoms with Gasteiger partial charge in [0, 0.05) is 5.02 Å². The molecule has 2 fully saturated rings. The second-order valence-corrected chi connectivity index (χ2v) is 8.12. The molecule has 0 saturated heterocycles. The van der Waals surface area contributed by atoms with Crippen LogP contribution in [0, 0.1) is 17.8 Å². The SMILES string of the molecule is O=C(O)c1cccc2c1N[C@H](c1cccc(Cl)c1)[C@H]1[C@H]3CC[C@@H](C3)[C@@H]21. The number of rotatable bonds is 2. The van der Waals surface area contributed by atoms with Crippen molar-refractivity contribution in [3.63, 3.8) is 0 Å². The summed E-state index contributed by atoms with van der Waals surface area (Å²) < 4.78 is 0. The number of hydrogen-bond acceptors (Lipinski definition) is 2. The van der Waals surface area contributed by atoms with E-state index in [9.17, 15) is 9.90 Å². The molecule has 4 heteroatoms. The van der Waals surface area contributed by atoms with E-state index >= 15 is 0 Å². The largest absolute Gasteiger partial charge is 0.478 e. The van der Waals surface area contributed by atoms with Crippen LogP contribution in [0.2, 0.25) is 5.02 Å². The van der Waals surface area contributed by atoms with Crippen molar-refractivity contribution < 1.29 is 9.90 Å². The lowest BCUT2D eigenvalue weighted by Gasteiger charge is -2.44. The molecule has 2 aromatic carbocycles. The van der Waals surface area contributed by atoms with Gasteiger partial charge in [0.15, 0.2) is 0 Å². The number of para-hydroxylation sites is 1. The first-order chi connectivity index (χ1) is 12.1. The Morgan fingerprint density at radius 2 is 1.92 bits per heavy atom. The fourth-order valence-corrected chi connectivity index (χ4v) is 5.92. The third-order valence-corrected chi connectivity index (χ3v) is 6.79. The van der Waals surface area contributed by atoms with Gasteiger partial charge in [0.25, 0.3) is 0 Å². The zero-order valence-corrected chi connectivity index (χ0v) is 14.5. The van der Waals surface area contributed by atoms with Crippen LogP contribution in [-0.2, 0) is 0 Å². The fraction of sp³-hybridized carbons (Fsp3) is 0.381. The van der Waals surface area contributed by atoms with Crippen LogP contribution in [0.5, 0.6) is 0 Å². The van der Waals surface area contributed by atoms with Gasteiger partial charge >= 0.3 is 5.97 Å². The van der Waals surface area contributed by atoms with Gasteiger partial charge in [-0.05, 0) is 72.3 Å². The van der Waals surface area contributed by atoms with Crippen LogP contribution in [0.25, 0.3) is 0 Å². The summed E-state index contributed by atoms with van der Waals surface area (Å²) in [6.07, 6.45) is 3.83. The van der Waals surface area contributed by atoms with Crippen molar-refractivity contribution in [3.05, 3.63) is 64.2 Å². The Bertz CT molecular complexity index is 865. The average Bonchev–Trinajstić information content (AvgIpc) is 3.22. The van der Waals surface area contributed by atoms with E-state index in [1.54, 1.807) is 6.07 Å². The number of anilines is 1. The minimum atomic E-state index is -0.865. The number of fused-ring (bicyclic) bond motifs is 7. The monoisotopic (exact) mass is 353 g/mol. The standard InChI is InChI=1S/C21H20ClNO2/c22-14-4-1-3-13(10-14)19-18-12-8-7-11(9-12)17(18)15-5-2-6-16(21(24)25)20(15)23-19/h1-6,10-12,17-19,23H,7-9H2,(H,24,25)/t11-,12-,17-,18-,19+/m0/s1. The first-order valence-corrected chi connectivity index (χ1v) is 9.39.